The van der Waals surface area contributed by atoms with Crippen molar-refractivity contribution in [3.05, 3.63) is 21.3 Å². The summed E-state index contributed by atoms with van der Waals surface area (Å²) >= 11 is 7.39. The quantitative estimate of drug-likeness (QED) is 0.743. The molecule has 0 bridgehead atoms. The number of halogens is 1. The molecule has 0 aliphatic heterocycles. The van der Waals surface area contributed by atoms with Crippen LogP contribution in [0.5, 0.6) is 0 Å². The van der Waals surface area contributed by atoms with Gasteiger partial charge in [-0.2, -0.15) is 0 Å². The van der Waals surface area contributed by atoms with E-state index in [9.17, 15) is 0 Å². The SMILES string of the molecule is CC(C)COCCOC(CN)c1ccc(Cl)s1. The van der Waals surface area contributed by atoms with Crippen LogP contribution in [0.3, 0.4) is 0 Å². The highest BCUT2D eigenvalue weighted by Gasteiger charge is 2.12. The molecular weight excluding hydrogens is 258 g/mol. The fourth-order valence-corrected chi connectivity index (χ4v) is 2.46. The molecule has 0 aliphatic carbocycles. The topological polar surface area (TPSA) is 44.5 Å². The highest BCUT2D eigenvalue weighted by atomic mass is 35.5. The normalized spacial score (nSPS) is 13.2. The standard InChI is InChI=1S/C12H20ClNO2S/c1-9(2)8-15-5-6-16-10(7-14)11-3-4-12(13)17-11/h3-4,9-10H,5-8,14H2,1-2H3. The molecule has 0 saturated heterocycles. The maximum Gasteiger partial charge on any atom is 0.104 e. The Bertz CT molecular complexity index is 317. The van der Waals surface area contributed by atoms with Crippen LogP contribution in [0, 0.1) is 5.92 Å². The van der Waals surface area contributed by atoms with Crippen LogP contribution >= 0.6 is 22.9 Å². The second kappa shape index (κ2) is 8.06. The largest absolute Gasteiger partial charge is 0.379 e. The first-order chi connectivity index (χ1) is 8.13. The van der Waals surface area contributed by atoms with E-state index in [4.69, 9.17) is 26.8 Å². The molecular formula is C12H20ClNO2S. The first-order valence-electron chi connectivity index (χ1n) is 5.78. The molecule has 1 atom stereocenters. The van der Waals surface area contributed by atoms with Crippen LogP contribution in [-0.2, 0) is 9.47 Å². The van der Waals surface area contributed by atoms with Gasteiger partial charge in [0.05, 0.1) is 17.6 Å². The van der Waals surface area contributed by atoms with Crippen molar-refractivity contribution in [1.29, 1.82) is 0 Å². The third kappa shape index (κ3) is 5.84. The Hall–Kier alpha value is -0.130. The van der Waals surface area contributed by atoms with Crippen LogP contribution in [-0.4, -0.2) is 26.4 Å². The second-order valence-corrected chi connectivity index (χ2v) is 5.95. The molecule has 3 nitrogen and oxygen atoms in total. The van der Waals surface area contributed by atoms with E-state index in [-0.39, 0.29) is 6.10 Å². The monoisotopic (exact) mass is 277 g/mol. The summed E-state index contributed by atoms with van der Waals surface area (Å²) in [7, 11) is 0. The molecule has 0 saturated carbocycles. The zero-order valence-corrected chi connectivity index (χ0v) is 11.9. The molecule has 0 aromatic carbocycles. The zero-order valence-electron chi connectivity index (χ0n) is 10.3. The lowest BCUT2D eigenvalue weighted by atomic mass is 10.2. The van der Waals surface area contributed by atoms with Gasteiger partial charge in [0, 0.05) is 18.0 Å². The smallest absolute Gasteiger partial charge is 0.104 e. The number of ether oxygens (including phenoxy) is 2. The van der Waals surface area contributed by atoms with Crippen molar-refractivity contribution in [2.24, 2.45) is 11.7 Å². The number of hydrogen-bond acceptors (Lipinski definition) is 4. The van der Waals surface area contributed by atoms with Gasteiger partial charge >= 0.3 is 0 Å². The van der Waals surface area contributed by atoms with Crippen LogP contribution in [0.1, 0.15) is 24.8 Å². The molecule has 1 unspecified atom stereocenters. The predicted molar refractivity (Wildman–Crippen MR) is 72.7 cm³/mol. The minimum atomic E-state index is -0.0739. The second-order valence-electron chi connectivity index (χ2n) is 4.21. The van der Waals surface area contributed by atoms with Crippen molar-refractivity contribution in [2.75, 3.05) is 26.4 Å². The van der Waals surface area contributed by atoms with E-state index in [2.05, 4.69) is 13.8 Å². The Morgan fingerprint density at radius 1 is 1.35 bits per heavy atom. The number of thiophene rings is 1. The molecule has 0 aliphatic rings. The molecule has 0 radical (unpaired) electrons. The maximum absolute atomic E-state index is 5.88. The average Bonchev–Trinajstić information content (AvgIpc) is 2.70. The molecule has 1 rings (SSSR count). The van der Waals surface area contributed by atoms with E-state index in [1.807, 2.05) is 12.1 Å². The molecule has 5 heteroatoms. The van der Waals surface area contributed by atoms with Crippen LogP contribution in [0.15, 0.2) is 12.1 Å². The van der Waals surface area contributed by atoms with Gasteiger partial charge in [-0.15, -0.1) is 11.3 Å². The van der Waals surface area contributed by atoms with Crippen molar-refractivity contribution in [2.45, 2.75) is 20.0 Å². The Morgan fingerprint density at radius 3 is 2.65 bits per heavy atom. The first kappa shape index (κ1) is 14.9. The number of nitrogens with two attached hydrogens (primary N) is 1. The summed E-state index contributed by atoms with van der Waals surface area (Å²) in [6.07, 6.45) is -0.0739. The van der Waals surface area contributed by atoms with Gasteiger partial charge in [-0.3, -0.25) is 0 Å². The van der Waals surface area contributed by atoms with Gasteiger partial charge in [-0.25, -0.2) is 0 Å². The highest BCUT2D eigenvalue weighted by Crippen LogP contribution is 2.28. The van der Waals surface area contributed by atoms with Crippen LogP contribution in [0.4, 0.5) is 0 Å². The Balaban J connectivity index is 2.24. The summed E-state index contributed by atoms with van der Waals surface area (Å²) in [5, 5.41) is 0. The summed E-state index contributed by atoms with van der Waals surface area (Å²) < 4.78 is 11.9. The van der Waals surface area contributed by atoms with E-state index in [0.717, 1.165) is 15.8 Å². The molecule has 1 aromatic heterocycles. The minimum Gasteiger partial charge on any atom is -0.379 e. The summed E-state index contributed by atoms with van der Waals surface area (Å²) in [4.78, 5) is 1.07. The van der Waals surface area contributed by atoms with Crippen molar-refractivity contribution < 1.29 is 9.47 Å². The number of rotatable bonds is 8. The average molecular weight is 278 g/mol. The third-order valence-corrected chi connectivity index (χ3v) is 3.45. The predicted octanol–water partition coefficient (Wildman–Crippen LogP) is 3.09. The van der Waals surface area contributed by atoms with Crippen LogP contribution in [0.25, 0.3) is 0 Å². The van der Waals surface area contributed by atoms with Crippen molar-refractivity contribution in [3.63, 3.8) is 0 Å². The van der Waals surface area contributed by atoms with E-state index in [1.165, 1.54) is 11.3 Å². The lowest BCUT2D eigenvalue weighted by Crippen LogP contribution is -2.17. The van der Waals surface area contributed by atoms with Crippen LogP contribution < -0.4 is 5.73 Å². The number of hydrogen-bond donors (Lipinski definition) is 1. The maximum atomic E-state index is 5.88. The van der Waals surface area contributed by atoms with E-state index >= 15 is 0 Å². The van der Waals surface area contributed by atoms with E-state index in [0.29, 0.717) is 25.7 Å². The van der Waals surface area contributed by atoms with E-state index < -0.39 is 0 Å². The highest BCUT2D eigenvalue weighted by molar-refractivity contribution is 7.16. The van der Waals surface area contributed by atoms with Gasteiger partial charge in [-0.05, 0) is 18.1 Å². The Morgan fingerprint density at radius 2 is 2.12 bits per heavy atom. The van der Waals surface area contributed by atoms with Gasteiger partial charge in [0.2, 0.25) is 0 Å². The molecule has 98 valence electrons. The summed E-state index contributed by atoms with van der Waals surface area (Å²) in [6.45, 7) is 6.63. The molecule has 2 N–H and O–H groups in total. The minimum absolute atomic E-state index is 0.0739. The van der Waals surface area contributed by atoms with Crippen molar-refractivity contribution in [3.8, 4) is 0 Å². The van der Waals surface area contributed by atoms with Gasteiger partial charge < -0.3 is 15.2 Å². The summed E-state index contributed by atoms with van der Waals surface area (Å²) in [6, 6.07) is 3.82. The zero-order chi connectivity index (χ0) is 12.7. The van der Waals surface area contributed by atoms with E-state index in [1.54, 1.807) is 0 Å². The summed E-state index contributed by atoms with van der Waals surface area (Å²) in [5.74, 6) is 0.552. The molecule has 0 fully saturated rings. The lowest BCUT2D eigenvalue weighted by molar-refractivity contribution is 0.00306. The van der Waals surface area contributed by atoms with Gasteiger partial charge in [-0.1, -0.05) is 25.4 Å². The van der Waals surface area contributed by atoms with Gasteiger partial charge in [0.15, 0.2) is 0 Å². The van der Waals surface area contributed by atoms with Crippen LogP contribution in [0.2, 0.25) is 4.34 Å². The molecule has 17 heavy (non-hydrogen) atoms. The Labute approximate surface area is 112 Å². The van der Waals surface area contributed by atoms with Crippen molar-refractivity contribution in [1.82, 2.24) is 0 Å². The van der Waals surface area contributed by atoms with Crippen molar-refractivity contribution >= 4 is 22.9 Å². The lowest BCUT2D eigenvalue weighted by Gasteiger charge is -2.14. The molecule has 0 spiro atoms. The fraction of sp³-hybridized carbons (Fsp3) is 0.667. The molecule has 0 amide bonds. The first-order valence-corrected chi connectivity index (χ1v) is 6.97. The third-order valence-electron chi connectivity index (χ3n) is 2.12. The summed E-state index contributed by atoms with van der Waals surface area (Å²) in [5.41, 5.74) is 5.67. The molecule has 1 heterocycles. The fourth-order valence-electron chi connectivity index (χ4n) is 1.34. The Kier molecular flexibility index (Phi) is 7.08. The van der Waals surface area contributed by atoms with Gasteiger partial charge in [0.25, 0.3) is 0 Å². The molecule has 1 aromatic rings. The van der Waals surface area contributed by atoms with Gasteiger partial charge in [0.1, 0.15) is 6.10 Å².